The Labute approximate surface area is 186 Å². The van der Waals surface area contributed by atoms with Crippen molar-refractivity contribution in [1.29, 1.82) is 0 Å². The van der Waals surface area contributed by atoms with Crippen LogP contribution in [-0.4, -0.2) is 34.8 Å². The van der Waals surface area contributed by atoms with Crippen LogP contribution >= 0.6 is 11.8 Å². The van der Waals surface area contributed by atoms with E-state index in [-0.39, 0.29) is 22.3 Å². The van der Waals surface area contributed by atoms with Crippen LogP contribution in [0.1, 0.15) is 17.0 Å². The van der Waals surface area contributed by atoms with Crippen molar-refractivity contribution in [3.63, 3.8) is 0 Å². The Balaban J connectivity index is 1.71. The number of hydrogen-bond acceptors (Lipinski definition) is 6. The van der Waals surface area contributed by atoms with Gasteiger partial charge in [0.25, 0.3) is 0 Å². The molecule has 1 N–H and O–H groups in total. The van der Waals surface area contributed by atoms with Crippen LogP contribution in [-0.2, 0) is 26.9 Å². The number of carbonyl (C=O) groups excluding carboxylic acids is 1. The lowest BCUT2D eigenvalue weighted by atomic mass is 10.1. The fraction of sp³-hybridized carbons (Fsp3) is 0.227. The Morgan fingerprint density at radius 2 is 1.81 bits per heavy atom. The highest BCUT2D eigenvalue weighted by Gasteiger charge is 2.21. The van der Waals surface area contributed by atoms with Gasteiger partial charge in [0, 0.05) is 12.2 Å². The van der Waals surface area contributed by atoms with E-state index < -0.39 is 9.84 Å². The molecule has 0 bridgehead atoms. The second-order valence-electron chi connectivity index (χ2n) is 7.08. The van der Waals surface area contributed by atoms with E-state index in [1.807, 2.05) is 32.0 Å². The van der Waals surface area contributed by atoms with Crippen LogP contribution in [0.5, 0.6) is 0 Å². The average Bonchev–Trinajstić information content (AvgIpc) is 3.07. The number of benzene rings is 2. The van der Waals surface area contributed by atoms with E-state index >= 15 is 0 Å². The van der Waals surface area contributed by atoms with Crippen LogP contribution in [0.4, 0.5) is 5.69 Å². The third-order valence-electron chi connectivity index (χ3n) is 4.36. The molecular weight excluding hydrogens is 432 g/mol. The molecule has 0 saturated carbocycles. The first kappa shape index (κ1) is 22.8. The van der Waals surface area contributed by atoms with Gasteiger partial charge in [0.15, 0.2) is 15.0 Å². The van der Waals surface area contributed by atoms with Crippen molar-refractivity contribution >= 4 is 33.2 Å². The molecule has 1 aromatic heterocycles. The molecule has 3 rings (SSSR count). The van der Waals surface area contributed by atoms with Crippen LogP contribution in [0, 0.1) is 13.8 Å². The van der Waals surface area contributed by atoms with Gasteiger partial charge >= 0.3 is 0 Å². The van der Waals surface area contributed by atoms with Gasteiger partial charge in [0.05, 0.1) is 10.6 Å². The summed E-state index contributed by atoms with van der Waals surface area (Å²) in [6.07, 6.45) is 1.64. The van der Waals surface area contributed by atoms with E-state index in [4.69, 9.17) is 0 Å². The van der Waals surface area contributed by atoms with Crippen molar-refractivity contribution in [1.82, 2.24) is 14.8 Å². The number of carbonyl (C=O) groups is 1. The van der Waals surface area contributed by atoms with Crippen molar-refractivity contribution < 1.29 is 13.2 Å². The van der Waals surface area contributed by atoms with Gasteiger partial charge in [0.1, 0.15) is 11.6 Å². The minimum Gasteiger partial charge on any atom is -0.325 e. The first-order valence-electron chi connectivity index (χ1n) is 9.60. The third-order valence-corrected chi connectivity index (χ3v) is 6.96. The number of aromatic nitrogens is 3. The number of thioether (sulfide) groups is 1. The summed E-state index contributed by atoms with van der Waals surface area (Å²) in [4.78, 5) is 12.6. The topological polar surface area (TPSA) is 93.9 Å². The second kappa shape index (κ2) is 9.93. The minimum absolute atomic E-state index is 0.119. The molecular formula is C22H24N4O3S2. The number of nitrogens with one attached hydrogen (secondary N) is 1. The summed E-state index contributed by atoms with van der Waals surface area (Å²) < 4.78 is 27.1. The Kier molecular flexibility index (Phi) is 7.29. The molecule has 162 valence electrons. The number of aryl methyl sites for hydroxylation is 2. The number of hydrogen-bond donors (Lipinski definition) is 1. The molecule has 0 unspecified atom stereocenters. The monoisotopic (exact) mass is 456 g/mol. The fourth-order valence-corrected chi connectivity index (χ4v) is 5.16. The standard InChI is InChI=1S/C22H24N4O3S2/c1-4-10-26-20(15-31(28,29)19-8-6-5-7-9-19)24-25-22(26)30-14-21(27)23-18-12-16(2)11-17(3)13-18/h4-9,11-13H,1,10,14-15H2,2-3H3,(H,23,27). The minimum atomic E-state index is -3.57. The van der Waals surface area contributed by atoms with Crippen molar-refractivity contribution in [3.05, 3.63) is 78.1 Å². The van der Waals surface area contributed by atoms with Crippen molar-refractivity contribution in [3.8, 4) is 0 Å². The Morgan fingerprint density at radius 3 is 2.45 bits per heavy atom. The second-order valence-corrected chi connectivity index (χ2v) is 10.0. The summed E-state index contributed by atoms with van der Waals surface area (Å²) in [7, 11) is -3.57. The lowest BCUT2D eigenvalue weighted by Crippen LogP contribution is -2.15. The van der Waals surface area contributed by atoms with E-state index in [0.29, 0.717) is 17.5 Å². The lowest BCUT2D eigenvalue weighted by Gasteiger charge is -2.09. The molecule has 1 heterocycles. The van der Waals surface area contributed by atoms with E-state index in [1.54, 1.807) is 41.0 Å². The highest BCUT2D eigenvalue weighted by molar-refractivity contribution is 7.99. The van der Waals surface area contributed by atoms with Gasteiger partial charge in [-0.05, 0) is 49.2 Å². The molecule has 0 fully saturated rings. The zero-order chi connectivity index (χ0) is 22.4. The third kappa shape index (κ3) is 6.05. The summed E-state index contributed by atoms with van der Waals surface area (Å²) in [6, 6.07) is 14.1. The van der Waals surface area contributed by atoms with Crippen LogP contribution in [0.3, 0.4) is 0 Å². The number of sulfone groups is 1. The molecule has 0 atom stereocenters. The molecule has 0 aliphatic heterocycles. The summed E-state index contributed by atoms with van der Waals surface area (Å²) in [6.45, 7) is 8.01. The summed E-state index contributed by atoms with van der Waals surface area (Å²) in [5.41, 5.74) is 2.88. The normalized spacial score (nSPS) is 11.3. The number of rotatable bonds is 9. The van der Waals surface area contributed by atoms with Crippen LogP contribution in [0.25, 0.3) is 0 Å². The van der Waals surface area contributed by atoms with Gasteiger partial charge in [-0.25, -0.2) is 8.42 Å². The zero-order valence-corrected chi connectivity index (χ0v) is 19.0. The summed E-state index contributed by atoms with van der Waals surface area (Å²) >= 11 is 1.20. The smallest absolute Gasteiger partial charge is 0.234 e. The van der Waals surface area contributed by atoms with Crippen molar-refractivity contribution in [2.45, 2.75) is 36.2 Å². The lowest BCUT2D eigenvalue weighted by molar-refractivity contribution is -0.113. The average molecular weight is 457 g/mol. The molecule has 0 saturated heterocycles. The highest BCUT2D eigenvalue weighted by atomic mass is 32.2. The quantitative estimate of drug-likeness (QED) is 0.389. The number of allylic oxidation sites excluding steroid dienone is 1. The molecule has 1 amide bonds. The highest BCUT2D eigenvalue weighted by Crippen LogP contribution is 2.22. The van der Waals surface area contributed by atoms with E-state index in [9.17, 15) is 13.2 Å². The first-order chi connectivity index (χ1) is 14.8. The van der Waals surface area contributed by atoms with E-state index in [0.717, 1.165) is 16.8 Å². The number of nitrogens with zero attached hydrogens (tertiary/aromatic N) is 3. The predicted molar refractivity (Wildman–Crippen MR) is 123 cm³/mol. The van der Waals surface area contributed by atoms with E-state index in [2.05, 4.69) is 22.1 Å². The Morgan fingerprint density at radius 1 is 1.13 bits per heavy atom. The van der Waals surface area contributed by atoms with Gasteiger partial charge in [-0.3, -0.25) is 4.79 Å². The fourth-order valence-electron chi connectivity index (χ4n) is 3.10. The van der Waals surface area contributed by atoms with Crippen LogP contribution in [0.15, 0.2) is 71.2 Å². The number of anilines is 1. The molecule has 7 nitrogen and oxygen atoms in total. The van der Waals surface area contributed by atoms with Crippen molar-refractivity contribution in [2.75, 3.05) is 11.1 Å². The Bertz CT molecular complexity index is 1170. The van der Waals surface area contributed by atoms with Gasteiger partial charge < -0.3 is 9.88 Å². The van der Waals surface area contributed by atoms with Gasteiger partial charge in [-0.1, -0.05) is 42.1 Å². The predicted octanol–water partition coefficient (Wildman–Crippen LogP) is 3.79. The maximum absolute atomic E-state index is 12.7. The first-order valence-corrected chi connectivity index (χ1v) is 12.2. The summed E-state index contributed by atoms with van der Waals surface area (Å²) in [5.74, 6) is -0.0384. The maximum atomic E-state index is 12.7. The zero-order valence-electron chi connectivity index (χ0n) is 17.4. The SMILES string of the molecule is C=CCn1c(CS(=O)(=O)c2ccccc2)nnc1SCC(=O)Nc1cc(C)cc(C)c1. The molecule has 9 heteroatoms. The maximum Gasteiger partial charge on any atom is 0.234 e. The van der Waals surface area contributed by atoms with Crippen LogP contribution < -0.4 is 5.32 Å². The molecule has 0 aliphatic carbocycles. The van der Waals surface area contributed by atoms with Gasteiger partial charge in [0.2, 0.25) is 5.91 Å². The Hall–Kier alpha value is -2.91. The van der Waals surface area contributed by atoms with Crippen molar-refractivity contribution in [2.24, 2.45) is 0 Å². The van der Waals surface area contributed by atoms with Gasteiger partial charge in [-0.2, -0.15) is 0 Å². The van der Waals surface area contributed by atoms with Gasteiger partial charge in [-0.15, -0.1) is 16.8 Å². The molecule has 0 radical (unpaired) electrons. The number of amides is 1. The molecule has 3 aromatic rings. The molecule has 2 aromatic carbocycles. The van der Waals surface area contributed by atoms with Crippen LogP contribution in [0.2, 0.25) is 0 Å². The molecule has 31 heavy (non-hydrogen) atoms. The van der Waals surface area contributed by atoms with E-state index in [1.165, 1.54) is 11.8 Å². The molecule has 0 aliphatic rings. The molecule has 0 spiro atoms. The largest absolute Gasteiger partial charge is 0.325 e. The summed E-state index contributed by atoms with van der Waals surface area (Å²) in [5, 5.41) is 11.5.